The lowest BCUT2D eigenvalue weighted by atomic mass is 10.2. The number of nitrogens with one attached hydrogen (secondary N) is 2. The molecule has 0 spiro atoms. The van der Waals surface area contributed by atoms with Gasteiger partial charge in [0.25, 0.3) is 0 Å². The molecule has 1 aromatic heterocycles. The van der Waals surface area contributed by atoms with Crippen LogP contribution in [-0.2, 0) is 6.18 Å². The van der Waals surface area contributed by atoms with Crippen molar-refractivity contribution in [2.75, 3.05) is 35.7 Å². The summed E-state index contributed by atoms with van der Waals surface area (Å²) in [5.74, 6) is 0.785. The van der Waals surface area contributed by atoms with Gasteiger partial charge in [-0.3, -0.25) is 4.90 Å². The van der Waals surface area contributed by atoms with Gasteiger partial charge in [0.15, 0.2) is 0 Å². The molecule has 0 aliphatic carbocycles. The summed E-state index contributed by atoms with van der Waals surface area (Å²) in [6.45, 7) is 2.94. The van der Waals surface area contributed by atoms with Gasteiger partial charge in [-0.2, -0.15) is 18.2 Å². The molecule has 0 saturated carbocycles. The molecule has 2 heterocycles. The number of rotatable bonds is 6. The molecule has 160 valence electrons. The van der Waals surface area contributed by atoms with Crippen molar-refractivity contribution in [3.8, 4) is 0 Å². The average Bonchev–Trinajstić information content (AvgIpc) is 3.04. The van der Waals surface area contributed by atoms with E-state index in [1.54, 1.807) is 36.0 Å². The van der Waals surface area contributed by atoms with Crippen LogP contribution in [0.25, 0.3) is 0 Å². The van der Waals surface area contributed by atoms with E-state index in [0.717, 1.165) is 12.1 Å². The van der Waals surface area contributed by atoms with Crippen molar-refractivity contribution in [3.63, 3.8) is 0 Å². The fourth-order valence-corrected chi connectivity index (χ4v) is 2.75. The number of benzene rings is 1. The number of carbonyl (C=O) groups excluding carboxylic acids is 1. The molecular weight excluding hydrogens is 399 g/mol. The molecule has 1 saturated heterocycles. The van der Waals surface area contributed by atoms with Crippen LogP contribution < -0.4 is 21.3 Å². The Bertz CT molecular complexity index is 930. The molecule has 1 atom stereocenters. The Kier molecular flexibility index (Phi) is 5.99. The summed E-state index contributed by atoms with van der Waals surface area (Å²) in [4.78, 5) is 23.8. The van der Waals surface area contributed by atoms with Crippen LogP contribution in [0, 0.1) is 0 Å². The molecular formula is C19H22F3N7O. The van der Waals surface area contributed by atoms with Crippen molar-refractivity contribution >= 4 is 23.5 Å². The summed E-state index contributed by atoms with van der Waals surface area (Å²) >= 11 is 0. The van der Waals surface area contributed by atoms with Crippen LogP contribution in [0.2, 0.25) is 0 Å². The number of nitrogens with two attached hydrogens (primary N) is 1. The van der Waals surface area contributed by atoms with E-state index < -0.39 is 11.7 Å². The largest absolute Gasteiger partial charge is 0.416 e. The molecule has 4 N–H and O–H groups in total. The third-order valence-corrected chi connectivity index (χ3v) is 4.60. The van der Waals surface area contributed by atoms with Crippen LogP contribution in [-0.4, -0.2) is 47.1 Å². The fraction of sp³-hybridized carbons (Fsp3) is 0.316. The van der Waals surface area contributed by atoms with Gasteiger partial charge in [0.1, 0.15) is 5.82 Å². The second-order valence-corrected chi connectivity index (χ2v) is 6.82. The van der Waals surface area contributed by atoms with Crippen molar-refractivity contribution in [2.24, 2.45) is 5.73 Å². The molecule has 8 nitrogen and oxygen atoms in total. The molecule has 30 heavy (non-hydrogen) atoms. The quantitative estimate of drug-likeness (QED) is 0.663. The molecule has 0 radical (unpaired) electrons. The first-order chi connectivity index (χ1) is 14.1. The highest BCUT2D eigenvalue weighted by Crippen LogP contribution is 2.29. The first-order valence-electron chi connectivity index (χ1n) is 9.16. The number of aromatic nitrogens is 2. The third kappa shape index (κ3) is 4.91. The van der Waals surface area contributed by atoms with E-state index >= 15 is 0 Å². The van der Waals surface area contributed by atoms with Gasteiger partial charge in [-0.15, -0.1) is 0 Å². The number of nitrogens with zero attached hydrogens (tertiary/aromatic N) is 4. The number of carbonyl (C=O) groups is 1. The topological polar surface area (TPSA) is 99.4 Å². The third-order valence-electron chi connectivity index (χ3n) is 4.60. The summed E-state index contributed by atoms with van der Waals surface area (Å²) < 4.78 is 37.9. The minimum Gasteiger partial charge on any atom is -0.399 e. The van der Waals surface area contributed by atoms with E-state index in [1.165, 1.54) is 18.3 Å². The molecule has 1 fully saturated rings. The predicted octanol–water partition coefficient (Wildman–Crippen LogP) is 3.08. The summed E-state index contributed by atoms with van der Waals surface area (Å²) in [5, 5.41) is 5.90. The Morgan fingerprint density at radius 1 is 1.23 bits per heavy atom. The lowest BCUT2D eigenvalue weighted by Crippen LogP contribution is -2.30. The van der Waals surface area contributed by atoms with Crippen LogP contribution in [0.4, 0.5) is 35.4 Å². The number of alkyl halides is 3. The Hall–Kier alpha value is -3.50. The van der Waals surface area contributed by atoms with Crippen LogP contribution in [0.5, 0.6) is 0 Å². The van der Waals surface area contributed by atoms with E-state index in [9.17, 15) is 18.0 Å². The maximum Gasteiger partial charge on any atom is 0.416 e. The van der Waals surface area contributed by atoms with Crippen LogP contribution >= 0.6 is 0 Å². The van der Waals surface area contributed by atoms with E-state index in [4.69, 9.17) is 5.73 Å². The van der Waals surface area contributed by atoms with Crippen LogP contribution in [0.1, 0.15) is 12.5 Å². The highest BCUT2D eigenvalue weighted by Gasteiger charge is 2.30. The number of amides is 2. The summed E-state index contributed by atoms with van der Waals surface area (Å²) in [6, 6.07) is 5.77. The maximum absolute atomic E-state index is 12.6. The molecule has 2 amide bonds. The van der Waals surface area contributed by atoms with E-state index in [1.807, 2.05) is 0 Å². The van der Waals surface area contributed by atoms with Crippen molar-refractivity contribution < 1.29 is 18.0 Å². The second-order valence-electron chi connectivity index (χ2n) is 6.82. The normalized spacial score (nSPS) is 16.0. The molecule has 1 aliphatic rings. The van der Waals surface area contributed by atoms with Gasteiger partial charge in [0.05, 0.1) is 11.6 Å². The first kappa shape index (κ1) is 21.2. The molecule has 2 aromatic rings. The molecule has 1 aromatic carbocycles. The molecule has 3 rings (SSSR count). The number of halogens is 3. The Labute approximate surface area is 171 Å². The Morgan fingerprint density at radius 2 is 1.93 bits per heavy atom. The number of hydrogen-bond acceptors (Lipinski definition) is 6. The maximum atomic E-state index is 12.6. The number of anilines is 3. The molecule has 11 heteroatoms. The van der Waals surface area contributed by atoms with Crippen molar-refractivity contribution in [3.05, 3.63) is 54.0 Å². The number of likely N-dealkylation sites (N-methyl/N-ethyl adjacent to an activating group) is 1. The highest BCUT2D eigenvalue weighted by molar-refractivity contribution is 5.93. The lowest BCUT2D eigenvalue weighted by Gasteiger charge is -2.18. The Balaban J connectivity index is 1.62. The summed E-state index contributed by atoms with van der Waals surface area (Å²) in [5.41, 5.74) is 6.17. The predicted molar refractivity (Wildman–Crippen MR) is 108 cm³/mol. The fourth-order valence-electron chi connectivity index (χ4n) is 2.75. The zero-order valence-electron chi connectivity index (χ0n) is 16.4. The van der Waals surface area contributed by atoms with Crippen LogP contribution in [0.3, 0.4) is 0 Å². The van der Waals surface area contributed by atoms with Gasteiger partial charge in [0, 0.05) is 43.9 Å². The van der Waals surface area contributed by atoms with E-state index in [2.05, 4.69) is 20.6 Å². The lowest BCUT2D eigenvalue weighted by molar-refractivity contribution is -0.137. The standard InChI is InChI=1S/C19H22F3N7O/c1-12(15(23)11-25-14-5-3-13(4-6-14)19(20,21)22)26-17-24-8-7-16(27-17)29-10-9-28(2)18(29)30/h3-8,11-12,25H,9-10,23H2,1-2H3,(H,24,26,27)/b15-11-. The van der Waals surface area contributed by atoms with Crippen molar-refractivity contribution in [1.29, 1.82) is 0 Å². The summed E-state index contributed by atoms with van der Waals surface area (Å²) in [7, 11) is 1.72. The number of hydrogen-bond donors (Lipinski definition) is 3. The highest BCUT2D eigenvalue weighted by atomic mass is 19.4. The summed E-state index contributed by atoms with van der Waals surface area (Å²) in [6.07, 6.45) is -1.35. The minimum atomic E-state index is -4.38. The first-order valence-corrected chi connectivity index (χ1v) is 9.16. The zero-order valence-corrected chi connectivity index (χ0v) is 16.4. The smallest absolute Gasteiger partial charge is 0.399 e. The Morgan fingerprint density at radius 3 is 2.53 bits per heavy atom. The van der Waals surface area contributed by atoms with Crippen LogP contribution in [0.15, 0.2) is 48.4 Å². The van der Waals surface area contributed by atoms with E-state index in [-0.39, 0.29) is 12.1 Å². The average molecular weight is 421 g/mol. The number of urea groups is 1. The molecule has 1 unspecified atom stereocenters. The zero-order chi connectivity index (χ0) is 21.9. The van der Waals surface area contributed by atoms with E-state index in [0.29, 0.717) is 36.2 Å². The van der Waals surface area contributed by atoms with Gasteiger partial charge >= 0.3 is 12.2 Å². The van der Waals surface area contributed by atoms with Gasteiger partial charge in [-0.1, -0.05) is 0 Å². The monoisotopic (exact) mass is 421 g/mol. The molecule has 1 aliphatic heterocycles. The van der Waals surface area contributed by atoms with Gasteiger partial charge in [-0.25, -0.2) is 9.78 Å². The second kappa shape index (κ2) is 8.47. The minimum absolute atomic E-state index is 0.132. The van der Waals surface area contributed by atoms with Gasteiger partial charge in [0.2, 0.25) is 5.95 Å². The van der Waals surface area contributed by atoms with Gasteiger partial charge in [-0.05, 0) is 37.3 Å². The van der Waals surface area contributed by atoms with Crippen molar-refractivity contribution in [2.45, 2.75) is 19.1 Å². The molecule has 0 bridgehead atoms. The SMILES string of the molecule is CC(Nc1nccc(N2CCN(C)C2=O)n1)/C(N)=C/Nc1ccc(C(F)(F)F)cc1. The van der Waals surface area contributed by atoms with Crippen molar-refractivity contribution in [1.82, 2.24) is 14.9 Å². The van der Waals surface area contributed by atoms with Gasteiger partial charge < -0.3 is 21.3 Å².